The van der Waals surface area contributed by atoms with Crippen molar-refractivity contribution in [3.05, 3.63) is 78.1 Å². The zero-order valence-corrected chi connectivity index (χ0v) is 25.6. The Morgan fingerprint density at radius 2 is 1.73 bits per heavy atom. The lowest BCUT2D eigenvalue weighted by molar-refractivity contribution is -0.131. The summed E-state index contributed by atoms with van der Waals surface area (Å²) in [6.45, 7) is 10.5. The minimum atomic E-state index is -0.914. The second-order valence-corrected chi connectivity index (χ2v) is 12.8. The number of benzene rings is 2. The number of pyridine rings is 1. The zero-order valence-electron chi connectivity index (χ0n) is 25.6. The van der Waals surface area contributed by atoms with Crippen LogP contribution in [0.15, 0.2) is 66.9 Å². The van der Waals surface area contributed by atoms with E-state index in [1.165, 1.54) is 6.92 Å². The Hall–Kier alpha value is -4.83. The van der Waals surface area contributed by atoms with Crippen LogP contribution in [-0.4, -0.2) is 48.0 Å². The number of rotatable bonds is 5. The Labute approximate surface area is 255 Å². The molecule has 226 valence electrons. The average Bonchev–Trinajstić information content (AvgIpc) is 3.31. The number of carbonyl (C=O) groups excluding carboxylic acids is 2. The molecule has 0 radical (unpaired) electrons. The number of fused-ring (bicyclic) bond motifs is 3. The molecule has 3 heterocycles. The van der Waals surface area contributed by atoms with Gasteiger partial charge in [-0.05, 0) is 52.3 Å². The summed E-state index contributed by atoms with van der Waals surface area (Å²) < 4.78 is 12.8. The highest BCUT2D eigenvalue weighted by atomic mass is 16.6. The molecule has 2 aromatic carbocycles. The fraction of sp³-hybridized carbons (Fsp3) is 0.324. The number of carbonyl (C=O) groups is 2. The molecular formula is C34H35N5O5. The molecule has 3 aromatic heterocycles. The summed E-state index contributed by atoms with van der Waals surface area (Å²) >= 11 is 0. The van der Waals surface area contributed by atoms with E-state index in [4.69, 9.17) is 14.5 Å². The van der Waals surface area contributed by atoms with Crippen LogP contribution in [0.1, 0.15) is 58.7 Å². The molecule has 0 unspecified atom stereocenters. The largest absolute Gasteiger partial charge is 0.444 e. The van der Waals surface area contributed by atoms with Gasteiger partial charge in [0.2, 0.25) is 0 Å². The standard InChI is InChI=1S/C34H35N5O5/c1-20-15-28-35-17-23-16-26(25-9-7-8-10-27(25)43-21(2)40)29(36-30(23)39(28)38-20)22-11-13-24(14-12-22)34(18-33(6,42)19-34)37-31(41)44-32(3,4)5/h7-17,42H,18-19H2,1-6H3,(H,37,41)/t33-,34-. The van der Waals surface area contributed by atoms with Gasteiger partial charge in [0.1, 0.15) is 11.4 Å². The molecule has 0 bridgehead atoms. The summed E-state index contributed by atoms with van der Waals surface area (Å²) in [4.78, 5) is 34.4. The maximum atomic E-state index is 12.8. The Balaban J connectivity index is 1.48. The van der Waals surface area contributed by atoms with Crippen molar-refractivity contribution in [3.8, 4) is 28.1 Å². The number of ether oxygens (including phenoxy) is 2. The number of hydrogen-bond acceptors (Lipinski definition) is 8. The molecule has 5 aromatic rings. The molecule has 0 aliphatic heterocycles. The predicted molar refractivity (Wildman–Crippen MR) is 166 cm³/mol. The Morgan fingerprint density at radius 1 is 1.02 bits per heavy atom. The number of esters is 1. The van der Waals surface area contributed by atoms with Crippen LogP contribution in [-0.2, 0) is 15.1 Å². The fourth-order valence-corrected chi connectivity index (χ4v) is 6.07. The fourth-order valence-electron chi connectivity index (χ4n) is 6.07. The van der Waals surface area contributed by atoms with Crippen LogP contribution in [0.2, 0.25) is 0 Å². The van der Waals surface area contributed by atoms with E-state index < -0.39 is 28.8 Å². The Bertz CT molecular complexity index is 1910. The maximum Gasteiger partial charge on any atom is 0.408 e. The minimum Gasteiger partial charge on any atom is -0.444 e. The third-order valence-corrected chi connectivity index (χ3v) is 7.63. The molecule has 6 rings (SSSR count). The monoisotopic (exact) mass is 593 g/mol. The Morgan fingerprint density at radius 3 is 2.39 bits per heavy atom. The Kier molecular flexibility index (Phi) is 6.92. The number of aromatic nitrogens is 4. The van der Waals surface area contributed by atoms with Gasteiger partial charge in [0, 0.05) is 54.1 Å². The number of nitrogens with one attached hydrogen (secondary N) is 1. The van der Waals surface area contributed by atoms with Crippen molar-refractivity contribution in [1.82, 2.24) is 24.9 Å². The second kappa shape index (κ2) is 10.4. The summed E-state index contributed by atoms with van der Waals surface area (Å²) in [5.74, 6) is -0.00753. The van der Waals surface area contributed by atoms with Crippen LogP contribution in [0.5, 0.6) is 5.75 Å². The van der Waals surface area contributed by atoms with Gasteiger partial charge in [-0.2, -0.15) is 9.61 Å². The summed E-state index contributed by atoms with van der Waals surface area (Å²) in [5.41, 5.74) is 3.53. The highest BCUT2D eigenvalue weighted by Gasteiger charge is 2.53. The van der Waals surface area contributed by atoms with Gasteiger partial charge in [0.15, 0.2) is 11.3 Å². The van der Waals surface area contributed by atoms with Crippen molar-refractivity contribution >= 4 is 28.7 Å². The van der Waals surface area contributed by atoms with Crippen molar-refractivity contribution in [3.63, 3.8) is 0 Å². The molecule has 10 heteroatoms. The van der Waals surface area contributed by atoms with Crippen LogP contribution in [0, 0.1) is 6.92 Å². The number of amides is 1. The number of nitrogens with zero attached hydrogens (tertiary/aromatic N) is 4. The molecule has 0 spiro atoms. The van der Waals surface area contributed by atoms with E-state index >= 15 is 0 Å². The molecule has 0 saturated heterocycles. The van der Waals surface area contributed by atoms with E-state index in [9.17, 15) is 14.7 Å². The molecule has 1 aliphatic carbocycles. The maximum absolute atomic E-state index is 12.8. The SMILES string of the molecule is CC(=O)Oc1ccccc1-c1cc2cnc3cc(C)nn3c2nc1-c1ccc([C@]2(NC(=O)OC(C)(C)C)C[C@](C)(O)C2)cc1. The summed E-state index contributed by atoms with van der Waals surface area (Å²) in [7, 11) is 0. The van der Waals surface area contributed by atoms with E-state index in [-0.39, 0.29) is 0 Å². The van der Waals surface area contributed by atoms with Crippen molar-refractivity contribution in [2.24, 2.45) is 0 Å². The molecule has 1 fully saturated rings. The van der Waals surface area contributed by atoms with Crippen LogP contribution in [0.3, 0.4) is 0 Å². The van der Waals surface area contributed by atoms with Gasteiger partial charge in [-0.15, -0.1) is 0 Å². The lowest BCUT2D eigenvalue weighted by Crippen LogP contribution is -2.62. The smallest absolute Gasteiger partial charge is 0.408 e. The van der Waals surface area contributed by atoms with Crippen molar-refractivity contribution in [1.29, 1.82) is 0 Å². The first-order valence-electron chi connectivity index (χ1n) is 14.5. The molecule has 1 aliphatic rings. The number of aliphatic hydroxyl groups is 1. The van der Waals surface area contributed by atoms with E-state index in [0.29, 0.717) is 41.1 Å². The predicted octanol–water partition coefficient (Wildman–Crippen LogP) is 6.11. The summed E-state index contributed by atoms with van der Waals surface area (Å²) in [5, 5.41) is 19.1. The lowest BCUT2D eigenvalue weighted by Gasteiger charge is -2.52. The van der Waals surface area contributed by atoms with Crippen molar-refractivity contribution in [2.75, 3.05) is 0 Å². The van der Waals surface area contributed by atoms with Crippen molar-refractivity contribution < 1.29 is 24.2 Å². The van der Waals surface area contributed by atoms with Gasteiger partial charge in [-0.1, -0.05) is 42.5 Å². The van der Waals surface area contributed by atoms with E-state index in [0.717, 1.165) is 27.8 Å². The van der Waals surface area contributed by atoms with E-state index in [1.54, 1.807) is 23.7 Å². The highest BCUT2D eigenvalue weighted by molar-refractivity contribution is 5.93. The zero-order chi connectivity index (χ0) is 31.4. The molecule has 2 N–H and O–H groups in total. The normalized spacial score (nSPS) is 19.9. The molecule has 44 heavy (non-hydrogen) atoms. The quantitative estimate of drug-likeness (QED) is 0.185. The lowest BCUT2D eigenvalue weighted by atomic mass is 9.62. The number of para-hydroxylation sites is 1. The molecule has 0 atom stereocenters. The first-order valence-corrected chi connectivity index (χ1v) is 14.5. The van der Waals surface area contributed by atoms with Gasteiger partial charge in [-0.3, -0.25) is 4.79 Å². The third kappa shape index (κ3) is 5.60. The first kappa shape index (κ1) is 29.3. The van der Waals surface area contributed by atoms with E-state index in [2.05, 4.69) is 15.4 Å². The van der Waals surface area contributed by atoms with Gasteiger partial charge in [0.05, 0.1) is 22.5 Å². The second-order valence-electron chi connectivity index (χ2n) is 12.8. The van der Waals surface area contributed by atoms with E-state index in [1.807, 2.05) is 82.3 Å². The third-order valence-electron chi connectivity index (χ3n) is 7.63. The summed E-state index contributed by atoms with van der Waals surface area (Å²) in [6.07, 6.45) is 1.91. The average molecular weight is 594 g/mol. The van der Waals surface area contributed by atoms with Gasteiger partial charge >= 0.3 is 12.1 Å². The summed E-state index contributed by atoms with van der Waals surface area (Å²) in [6, 6.07) is 19.0. The van der Waals surface area contributed by atoms with Crippen LogP contribution in [0.25, 0.3) is 39.1 Å². The van der Waals surface area contributed by atoms with Crippen LogP contribution < -0.4 is 10.1 Å². The molecule has 1 amide bonds. The number of alkyl carbamates (subject to hydrolysis) is 1. The molecule has 10 nitrogen and oxygen atoms in total. The number of hydrogen-bond donors (Lipinski definition) is 2. The highest BCUT2D eigenvalue weighted by Crippen LogP contribution is 2.49. The minimum absolute atomic E-state index is 0.345. The van der Waals surface area contributed by atoms with Gasteiger partial charge in [-0.25, -0.2) is 14.8 Å². The molecule has 1 saturated carbocycles. The van der Waals surface area contributed by atoms with Crippen molar-refractivity contribution in [2.45, 2.75) is 71.1 Å². The topological polar surface area (TPSA) is 128 Å². The van der Waals surface area contributed by atoms with Crippen LogP contribution >= 0.6 is 0 Å². The molecular weight excluding hydrogens is 558 g/mol. The van der Waals surface area contributed by atoms with Crippen LogP contribution in [0.4, 0.5) is 4.79 Å². The van der Waals surface area contributed by atoms with Gasteiger partial charge < -0.3 is 19.9 Å². The number of aryl methyl sites for hydroxylation is 1. The van der Waals surface area contributed by atoms with Gasteiger partial charge in [0.25, 0.3) is 0 Å². The first-order chi connectivity index (χ1) is 20.7.